The molecule has 0 radical (unpaired) electrons. The second-order valence-electron chi connectivity index (χ2n) is 3.61. The molecule has 1 heterocycles. The van der Waals surface area contributed by atoms with Gasteiger partial charge in [-0.15, -0.1) is 0 Å². The highest BCUT2D eigenvalue weighted by molar-refractivity contribution is 5.86. The molecule has 0 saturated carbocycles. The molecule has 16 heavy (non-hydrogen) atoms. The monoisotopic (exact) mass is 215 g/mol. The second-order valence-corrected chi connectivity index (χ2v) is 3.61. The quantitative estimate of drug-likeness (QED) is 0.849. The fraction of sp³-hybridized carbons (Fsp3) is 0.154. The minimum atomic E-state index is -0.578. The van der Waals surface area contributed by atoms with Crippen molar-refractivity contribution in [1.29, 1.82) is 0 Å². The summed E-state index contributed by atoms with van der Waals surface area (Å²) in [5, 5.41) is 0. The van der Waals surface area contributed by atoms with Gasteiger partial charge in [-0.1, -0.05) is 30.3 Å². The maximum Gasteiger partial charge on any atom is 0.161 e. The van der Waals surface area contributed by atoms with Crippen molar-refractivity contribution in [3.8, 4) is 0 Å². The molecular formula is C13H13NO2. The highest BCUT2D eigenvalue weighted by Crippen LogP contribution is 2.13. The van der Waals surface area contributed by atoms with Crippen LogP contribution in [0.15, 0.2) is 53.1 Å². The van der Waals surface area contributed by atoms with Gasteiger partial charge in [0.05, 0.1) is 18.7 Å². The van der Waals surface area contributed by atoms with Crippen LogP contribution in [0.25, 0.3) is 0 Å². The third kappa shape index (κ3) is 2.38. The summed E-state index contributed by atoms with van der Waals surface area (Å²) in [5.74, 6) is 0.609. The number of hydrogen-bond acceptors (Lipinski definition) is 3. The second kappa shape index (κ2) is 4.77. The average molecular weight is 215 g/mol. The third-order valence-electron chi connectivity index (χ3n) is 2.43. The van der Waals surface area contributed by atoms with Crippen molar-refractivity contribution in [1.82, 2.24) is 0 Å². The van der Waals surface area contributed by atoms with Crippen LogP contribution in [0, 0.1) is 0 Å². The summed E-state index contributed by atoms with van der Waals surface area (Å²) in [6.45, 7) is 0. The number of ketones is 1. The summed E-state index contributed by atoms with van der Waals surface area (Å²) in [4.78, 5) is 11.8. The van der Waals surface area contributed by atoms with E-state index in [-0.39, 0.29) is 12.2 Å². The van der Waals surface area contributed by atoms with Crippen LogP contribution in [0.5, 0.6) is 0 Å². The van der Waals surface area contributed by atoms with Gasteiger partial charge in [0.15, 0.2) is 5.78 Å². The van der Waals surface area contributed by atoms with E-state index in [0.29, 0.717) is 5.76 Å². The summed E-state index contributed by atoms with van der Waals surface area (Å²) < 4.78 is 5.11. The zero-order valence-corrected chi connectivity index (χ0v) is 8.80. The molecule has 0 amide bonds. The zero-order chi connectivity index (χ0) is 11.4. The standard InChI is InChI=1S/C13H13NO2/c14-13(10-5-2-1-3-6-10)12(15)9-11-7-4-8-16-11/h1-8,13H,9,14H2. The highest BCUT2D eigenvalue weighted by Gasteiger charge is 2.16. The Morgan fingerprint density at radius 3 is 2.56 bits per heavy atom. The van der Waals surface area contributed by atoms with Crippen LogP contribution in [0.3, 0.4) is 0 Å². The molecule has 1 aromatic heterocycles. The third-order valence-corrected chi connectivity index (χ3v) is 2.43. The number of hydrogen-bond donors (Lipinski definition) is 1. The summed E-state index contributed by atoms with van der Waals surface area (Å²) in [5.41, 5.74) is 6.70. The number of Topliss-reactive ketones (excluding diaryl/α,β-unsaturated/α-hetero) is 1. The van der Waals surface area contributed by atoms with Crippen LogP contribution in [0.1, 0.15) is 17.4 Å². The molecule has 3 heteroatoms. The molecule has 1 unspecified atom stereocenters. The van der Waals surface area contributed by atoms with Crippen LogP contribution in [0.4, 0.5) is 0 Å². The van der Waals surface area contributed by atoms with Crippen molar-refractivity contribution in [2.75, 3.05) is 0 Å². The van der Waals surface area contributed by atoms with Crippen molar-refractivity contribution < 1.29 is 9.21 Å². The molecule has 2 rings (SSSR count). The lowest BCUT2D eigenvalue weighted by atomic mass is 10.0. The maximum atomic E-state index is 11.8. The summed E-state index contributed by atoms with van der Waals surface area (Å²) >= 11 is 0. The van der Waals surface area contributed by atoms with Crippen LogP contribution < -0.4 is 5.73 Å². The molecule has 0 saturated heterocycles. The van der Waals surface area contributed by atoms with E-state index in [1.807, 2.05) is 30.3 Å². The Morgan fingerprint density at radius 1 is 1.19 bits per heavy atom. The van der Waals surface area contributed by atoms with Gasteiger partial charge in [0.25, 0.3) is 0 Å². The number of furan rings is 1. The van der Waals surface area contributed by atoms with Crippen molar-refractivity contribution in [2.45, 2.75) is 12.5 Å². The molecule has 1 aromatic carbocycles. The molecule has 0 aliphatic heterocycles. The minimum Gasteiger partial charge on any atom is -0.469 e. The normalized spacial score (nSPS) is 12.3. The first-order valence-electron chi connectivity index (χ1n) is 5.13. The van der Waals surface area contributed by atoms with E-state index in [1.165, 1.54) is 0 Å². The number of nitrogens with two attached hydrogens (primary N) is 1. The van der Waals surface area contributed by atoms with Gasteiger partial charge >= 0.3 is 0 Å². The van der Waals surface area contributed by atoms with E-state index in [0.717, 1.165) is 5.56 Å². The molecule has 2 N–H and O–H groups in total. The van der Waals surface area contributed by atoms with E-state index < -0.39 is 6.04 Å². The zero-order valence-electron chi connectivity index (χ0n) is 8.80. The van der Waals surface area contributed by atoms with E-state index in [2.05, 4.69) is 0 Å². The van der Waals surface area contributed by atoms with Gasteiger partial charge in [-0.3, -0.25) is 4.79 Å². The van der Waals surface area contributed by atoms with Crippen molar-refractivity contribution in [2.24, 2.45) is 5.73 Å². The SMILES string of the molecule is NC(C(=O)Cc1ccco1)c1ccccc1. The van der Waals surface area contributed by atoms with Gasteiger partial charge in [-0.25, -0.2) is 0 Å². The number of carbonyl (C=O) groups is 1. The molecule has 0 spiro atoms. The first-order chi connectivity index (χ1) is 7.77. The Morgan fingerprint density at radius 2 is 1.94 bits per heavy atom. The highest BCUT2D eigenvalue weighted by atomic mass is 16.3. The van der Waals surface area contributed by atoms with E-state index in [1.54, 1.807) is 18.4 Å². The van der Waals surface area contributed by atoms with Gasteiger partial charge in [-0.05, 0) is 17.7 Å². The van der Waals surface area contributed by atoms with E-state index >= 15 is 0 Å². The van der Waals surface area contributed by atoms with Crippen LogP contribution >= 0.6 is 0 Å². The minimum absolute atomic E-state index is 0.0406. The van der Waals surface area contributed by atoms with Gasteiger partial charge in [0.1, 0.15) is 5.76 Å². The summed E-state index contributed by atoms with van der Waals surface area (Å²) in [6, 6.07) is 12.3. The molecule has 1 atom stereocenters. The van der Waals surface area contributed by atoms with E-state index in [9.17, 15) is 4.79 Å². The Labute approximate surface area is 93.9 Å². The van der Waals surface area contributed by atoms with Crippen LogP contribution in [-0.2, 0) is 11.2 Å². The predicted molar refractivity (Wildman–Crippen MR) is 60.8 cm³/mol. The first kappa shape index (κ1) is 10.6. The fourth-order valence-corrected chi connectivity index (χ4v) is 1.54. The average Bonchev–Trinajstić information content (AvgIpc) is 2.82. The Kier molecular flexibility index (Phi) is 3.17. The topological polar surface area (TPSA) is 56.2 Å². The predicted octanol–water partition coefficient (Wildman–Crippen LogP) is 2.09. The lowest BCUT2D eigenvalue weighted by molar-refractivity contribution is -0.120. The Hall–Kier alpha value is -1.87. The summed E-state index contributed by atoms with van der Waals surface area (Å²) in [6.07, 6.45) is 1.79. The molecule has 0 aliphatic carbocycles. The van der Waals surface area contributed by atoms with Gasteiger partial charge in [-0.2, -0.15) is 0 Å². The molecule has 0 fully saturated rings. The molecular weight excluding hydrogens is 202 g/mol. The Balaban J connectivity index is 2.05. The van der Waals surface area contributed by atoms with Crippen molar-refractivity contribution in [3.63, 3.8) is 0 Å². The first-order valence-corrected chi connectivity index (χ1v) is 5.13. The number of benzene rings is 1. The molecule has 0 aliphatic rings. The molecule has 3 nitrogen and oxygen atoms in total. The van der Waals surface area contributed by atoms with Crippen LogP contribution in [-0.4, -0.2) is 5.78 Å². The van der Waals surface area contributed by atoms with Crippen LogP contribution in [0.2, 0.25) is 0 Å². The maximum absolute atomic E-state index is 11.8. The lowest BCUT2D eigenvalue weighted by Crippen LogP contribution is -2.22. The molecule has 82 valence electrons. The molecule has 0 bridgehead atoms. The Bertz CT molecular complexity index is 448. The summed E-state index contributed by atoms with van der Waals surface area (Å²) in [7, 11) is 0. The van der Waals surface area contributed by atoms with Gasteiger partial charge in [0, 0.05) is 0 Å². The van der Waals surface area contributed by atoms with Crippen molar-refractivity contribution in [3.05, 3.63) is 60.1 Å². The number of carbonyl (C=O) groups excluding carboxylic acids is 1. The van der Waals surface area contributed by atoms with Gasteiger partial charge < -0.3 is 10.2 Å². The van der Waals surface area contributed by atoms with E-state index in [4.69, 9.17) is 10.2 Å². The van der Waals surface area contributed by atoms with Crippen molar-refractivity contribution >= 4 is 5.78 Å². The number of rotatable bonds is 4. The largest absolute Gasteiger partial charge is 0.469 e. The lowest BCUT2D eigenvalue weighted by Gasteiger charge is -2.09. The smallest absolute Gasteiger partial charge is 0.161 e. The van der Waals surface area contributed by atoms with Gasteiger partial charge in [0.2, 0.25) is 0 Å². The fourth-order valence-electron chi connectivity index (χ4n) is 1.54. The molecule has 2 aromatic rings.